The molecule has 3 aromatic rings. The number of nitrogens with zero attached hydrogens (tertiary/aromatic N) is 9. The van der Waals surface area contributed by atoms with E-state index in [-0.39, 0.29) is 39.6 Å². The van der Waals surface area contributed by atoms with Gasteiger partial charge in [-0.05, 0) is 33.3 Å². The second kappa shape index (κ2) is 24.2. The molecule has 22 nitrogen and oxygen atoms in total. The SMILES string of the molecule is CO[C@H]1O[C@H](COCc2ccccc2)[C@H](O[C@H]2O[C@H](COCc3ccccc3)[C@H](O[C@H]3O[C@H](COCc4ccccc4)[C@H](OC)[C@H](O)[C@H]3N=[N+]=[N-])[C@H](O)[C@H]2N=[N+]=[N-])[C@H](O)[C@H]1N=[N+]=[N-]. The number of ether oxygens (including phenoxy) is 10. The van der Waals surface area contributed by atoms with Gasteiger partial charge >= 0.3 is 0 Å². The molecule has 0 spiro atoms. The van der Waals surface area contributed by atoms with Crippen molar-refractivity contribution < 1.29 is 62.7 Å². The lowest BCUT2D eigenvalue weighted by atomic mass is 9.94. The van der Waals surface area contributed by atoms with Crippen LogP contribution in [-0.4, -0.2) is 141 Å². The molecule has 0 aliphatic carbocycles. The van der Waals surface area contributed by atoms with E-state index >= 15 is 0 Å². The second-order valence-electron chi connectivity index (χ2n) is 14.8. The fraction of sp³-hybridized carbons (Fsp3) is 0.561. The number of hydrogen-bond donors (Lipinski definition) is 3. The number of azide groups is 3. The Kier molecular flexibility index (Phi) is 18.3. The van der Waals surface area contributed by atoms with Gasteiger partial charge in [-0.2, -0.15) is 0 Å². The maximum absolute atomic E-state index is 12.1. The third-order valence-corrected chi connectivity index (χ3v) is 10.7. The first kappa shape index (κ1) is 47.5. The topological polar surface area (TPSA) is 299 Å². The molecule has 0 aromatic heterocycles. The van der Waals surface area contributed by atoms with E-state index in [0.29, 0.717) is 0 Å². The van der Waals surface area contributed by atoms with Crippen LogP contribution in [-0.2, 0) is 67.2 Å². The van der Waals surface area contributed by atoms with Crippen LogP contribution in [0.4, 0.5) is 0 Å². The van der Waals surface area contributed by atoms with E-state index < -0.39 is 91.9 Å². The molecule has 338 valence electrons. The Bertz CT molecular complexity index is 1980. The number of methoxy groups -OCH3 is 2. The highest BCUT2D eigenvalue weighted by atomic mass is 16.8. The van der Waals surface area contributed by atoms with Gasteiger partial charge in [0.2, 0.25) is 0 Å². The smallest absolute Gasteiger partial charge is 0.169 e. The van der Waals surface area contributed by atoms with Gasteiger partial charge < -0.3 is 62.7 Å². The van der Waals surface area contributed by atoms with Gasteiger partial charge in [-0.15, -0.1) is 0 Å². The van der Waals surface area contributed by atoms with Gasteiger partial charge in [-0.1, -0.05) is 106 Å². The van der Waals surface area contributed by atoms with Crippen LogP contribution < -0.4 is 0 Å². The van der Waals surface area contributed by atoms with Crippen molar-refractivity contribution in [2.75, 3.05) is 34.0 Å². The van der Waals surface area contributed by atoms with E-state index in [1.165, 1.54) is 14.2 Å². The maximum Gasteiger partial charge on any atom is 0.169 e. The van der Waals surface area contributed by atoms with Crippen molar-refractivity contribution >= 4 is 0 Å². The predicted molar refractivity (Wildman–Crippen MR) is 219 cm³/mol. The van der Waals surface area contributed by atoms with Crippen LogP contribution in [0.5, 0.6) is 0 Å². The molecule has 3 fully saturated rings. The third-order valence-electron chi connectivity index (χ3n) is 10.7. The monoisotopic (exact) mass is 877 g/mol. The summed E-state index contributed by atoms with van der Waals surface area (Å²) in [5.41, 5.74) is 31.2. The molecule has 0 radical (unpaired) electrons. The van der Waals surface area contributed by atoms with Crippen molar-refractivity contribution in [3.05, 3.63) is 139 Å². The van der Waals surface area contributed by atoms with Gasteiger partial charge in [0.1, 0.15) is 54.7 Å². The molecule has 3 heterocycles. The van der Waals surface area contributed by atoms with Gasteiger partial charge in [-0.3, -0.25) is 0 Å². The van der Waals surface area contributed by atoms with Crippen molar-refractivity contribution in [2.45, 2.75) is 112 Å². The van der Waals surface area contributed by atoms with Crippen molar-refractivity contribution in [3.8, 4) is 0 Å². The molecular weight excluding hydrogens is 827 g/mol. The summed E-state index contributed by atoms with van der Waals surface area (Å²) in [6.45, 7) is -0.0160. The highest BCUT2D eigenvalue weighted by Gasteiger charge is 2.54. The molecule has 0 unspecified atom stereocenters. The van der Waals surface area contributed by atoms with Crippen molar-refractivity contribution in [1.82, 2.24) is 0 Å². The van der Waals surface area contributed by atoms with Gasteiger partial charge in [-0.25, -0.2) is 0 Å². The number of benzene rings is 3. The zero-order valence-corrected chi connectivity index (χ0v) is 34.5. The van der Waals surface area contributed by atoms with E-state index in [4.69, 9.17) is 47.4 Å². The molecule has 3 aliphatic heterocycles. The first-order chi connectivity index (χ1) is 30.8. The van der Waals surface area contributed by atoms with E-state index in [1.807, 2.05) is 91.0 Å². The van der Waals surface area contributed by atoms with E-state index in [2.05, 4.69) is 30.1 Å². The standard InChI is InChI=1S/C41H51N9O13/c1-54-36-27(21-56-18-24-12-6-3-7-13-24)60-40(31(33(36)51)46-49-43)63-38-29(23-58-20-26-16-10-5-11-17-26)61-41(32(35(38)53)47-50-44)62-37-28(22-57-19-25-14-8-4-9-15-25)59-39(55-2)30(34(37)52)45-48-42/h3-17,27-41,51-53H,18-23H2,1-2H3/t27-,28-,29-,30-,31-,32-,33-,34-,35-,36+,37+,38+,39+,40-,41-/m1/s1. The number of rotatable bonds is 21. The summed E-state index contributed by atoms with van der Waals surface area (Å²) in [6.07, 6.45) is -16.3. The Hall–Kier alpha value is -4.93. The fourth-order valence-corrected chi connectivity index (χ4v) is 7.62. The Morgan fingerprint density at radius 3 is 1.13 bits per heavy atom. The number of aliphatic hydroxyl groups excluding tert-OH is 3. The summed E-state index contributed by atoms with van der Waals surface area (Å²) in [5, 5.41) is 46.6. The molecule has 0 bridgehead atoms. The lowest BCUT2D eigenvalue weighted by Gasteiger charge is -2.49. The molecule has 15 atom stereocenters. The van der Waals surface area contributed by atoms with Gasteiger partial charge in [0.05, 0.1) is 58.0 Å². The predicted octanol–water partition coefficient (Wildman–Crippen LogP) is 4.36. The summed E-state index contributed by atoms with van der Waals surface area (Å²) in [4.78, 5) is 8.70. The minimum Gasteiger partial charge on any atom is -0.390 e. The summed E-state index contributed by atoms with van der Waals surface area (Å²) >= 11 is 0. The lowest BCUT2D eigenvalue weighted by molar-refractivity contribution is -0.351. The van der Waals surface area contributed by atoms with Crippen LogP contribution in [0.25, 0.3) is 31.3 Å². The van der Waals surface area contributed by atoms with Crippen LogP contribution in [0.3, 0.4) is 0 Å². The normalized spacial score (nSPS) is 33.0. The minimum atomic E-state index is -1.75. The maximum atomic E-state index is 12.1. The lowest BCUT2D eigenvalue weighted by Crippen LogP contribution is -2.66. The van der Waals surface area contributed by atoms with Gasteiger partial charge in [0, 0.05) is 29.0 Å². The Balaban J connectivity index is 1.27. The van der Waals surface area contributed by atoms with Crippen molar-refractivity contribution in [2.24, 2.45) is 15.3 Å². The van der Waals surface area contributed by atoms with Crippen LogP contribution >= 0.6 is 0 Å². The van der Waals surface area contributed by atoms with Crippen molar-refractivity contribution in [3.63, 3.8) is 0 Å². The summed E-state index contributed by atoms with van der Waals surface area (Å²) < 4.78 is 60.5. The highest BCUT2D eigenvalue weighted by molar-refractivity contribution is 5.15. The average molecular weight is 878 g/mol. The molecule has 22 heteroatoms. The fourth-order valence-electron chi connectivity index (χ4n) is 7.62. The van der Waals surface area contributed by atoms with E-state index in [1.54, 1.807) is 0 Å². The molecule has 3 N–H and O–H groups in total. The number of aliphatic hydroxyl groups is 3. The van der Waals surface area contributed by atoms with Gasteiger partial charge in [0.15, 0.2) is 18.9 Å². The zero-order valence-electron chi connectivity index (χ0n) is 34.5. The molecular formula is C41H51N9O13. The van der Waals surface area contributed by atoms with Gasteiger partial charge in [0.25, 0.3) is 0 Å². The molecule has 0 saturated carbocycles. The molecule has 6 rings (SSSR count). The van der Waals surface area contributed by atoms with E-state index in [9.17, 15) is 31.9 Å². The average Bonchev–Trinajstić information content (AvgIpc) is 3.30. The Labute approximate surface area is 362 Å². The molecule has 3 aliphatic rings. The summed E-state index contributed by atoms with van der Waals surface area (Å²) in [7, 11) is 2.67. The largest absolute Gasteiger partial charge is 0.390 e. The van der Waals surface area contributed by atoms with Crippen LogP contribution in [0.1, 0.15) is 16.7 Å². The first-order valence-electron chi connectivity index (χ1n) is 20.1. The van der Waals surface area contributed by atoms with Crippen LogP contribution in [0.2, 0.25) is 0 Å². The minimum absolute atomic E-state index is 0.0826. The molecule has 0 amide bonds. The number of hydrogen-bond acceptors (Lipinski definition) is 16. The Morgan fingerprint density at radius 2 is 0.794 bits per heavy atom. The summed E-state index contributed by atoms with van der Waals surface area (Å²) in [6, 6.07) is 23.6. The van der Waals surface area contributed by atoms with Crippen molar-refractivity contribution in [1.29, 1.82) is 0 Å². The molecule has 3 saturated heterocycles. The quantitative estimate of drug-likeness (QED) is 0.0762. The van der Waals surface area contributed by atoms with E-state index in [0.717, 1.165) is 16.7 Å². The zero-order chi connectivity index (χ0) is 44.6. The highest BCUT2D eigenvalue weighted by Crippen LogP contribution is 2.36. The summed E-state index contributed by atoms with van der Waals surface area (Å²) in [5.74, 6) is 0. The van der Waals surface area contributed by atoms with Crippen LogP contribution in [0.15, 0.2) is 106 Å². The first-order valence-corrected chi connectivity index (χ1v) is 20.1. The Morgan fingerprint density at radius 1 is 0.476 bits per heavy atom. The second-order valence-corrected chi connectivity index (χ2v) is 14.8. The molecule has 63 heavy (non-hydrogen) atoms. The van der Waals surface area contributed by atoms with Crippen LogP contribution in [0, 0.1) is 0 Å². The third kappa shape index (κ3) is 12.4. The molecule has 3 aromatic carbocycles.